The van der Waals surface area contributed by atoms with Gasteiger partial charge in [-0.05, 0) is 49.9 Å². The van der Waals surface area contributed by atoms with E-state index >= 15 is 0 Å². The van der Waals surface area contributed by atoms with E-state index in [1.807, 2.05) is 6.07 Å². The first-order chi connectivity index (χ1) is 9.83. The van der Waals surface area contributed by atoms with Crippen LogP contribution in [0.25, 0.3) is 0 Å². The minimum atomic E-state index is 0.505. The quantitative estimate of drug-likeness (QED) is 0.858. The highest BCUT2D eigenvalue weighted by Gasteiger charge is 2.33. The molecule has 1 aliphatic heterocycles. The average molecular weight is 274 g/mol. The monoisotopic (exact) mass is 274 g/mol. The Hall–Kier alpha value is -1.06. The Labute approximate surface area is 122 Å². The number of hydrogen-bond donors (Lipinski definition) is 1. The van der Waals surface area contributed by atoms with Gasteiger partial charge in [-0.1, -0.05) is 25.0 Å². The number of ether oxygens (including phenoxy) is 1. The zero-order chi connectivity index (χ0) is 13.8. The molecule has 2 atom stereocenters. The minimum Gasteiger partial charge on any atom is -0.399 e. The number of hydrogen-bond acceptors (Lipinski definition) is 3. The summed E-state index contributed by atoms with van der Waals surface area (Å²) in [6, 6.07) is 8.97. The summed E-state index contributed by atoms with van der Waals surface area (Å²) in [6.07, 6.45) is 8.14. The molecule has 2 unspecified atom stereocenters. The number of nitrogens with two attached hydrogens (primary N) is 1. The van der Waals surface area contributed by atoms with Crippen molar-refractivity contribution in [2.24, 2.45) is 0 Å². The topological polar surface area (TPSA) is 38.5 Å². The molecule has 110 valence electrons. The molecular weight excluding hydrogens is 248 g/mol. The van der Waals surface area contributed by atoms with Crippen molar-refractivity contribution in [2.75, 3.05) is 25.4 Å². The first-order valence-corrected chi connectivity index (χ1v) is 8.03. The second kappa shape index (κ2) is 6.59. The van der Waals surface area contributed by atoms with Crippen molar-refractivity contribution in [1.82, 2.24) is 4.90 Å². The summed E-state index contributed by atoms with van der Waals surface area (Å²) >= 11 is 0. The Bertz CT molecular complexity index is 433. The molecule has 0 radical (unpaired) electrons. The largest absolute Gasteiger partial charge is 0.399 e. The van der Waals surface area contributed by atoms with Crippen LogP contribution in [0.2, 0.25) is 0 Å². The zero-order valence-corrected chi connectivity index (χ0v) is 12.3. The molecule has 1 saturated heterocycles. The van der Waals surface area contributed by atoms with E-state index in [0.29, 0.717) is 12.1 Å². The summed E-state index contributed by atoms with van der Waals surface area (Å²) in [5, 5.41) is 0. The van der Waals surface area contributed by atoms with Gasteiger partial charge >= 0.3 is 0 Å². The first-order valence-electron chi connectivity index (χ1n) is 8.03. The normalized spacial score (nSPS) is 27.2. The smallest absolute Gasteiger partial charge is 0.0730 e. The maximum Gasteiger partial charge on any atom is 0.0730 e. The predicted molar refractivity (Wildman–Crippen MR) is 82.7 cm³/mol. The Kier molecular flexibility index (Phi) is 4.58. The van der Waals surface area contributed by atoms with Gasteiger partial charge in [0.15, 0.2) is 0 Å². The van der Waals surface area contributed by atoms with E-state index in [1.54, 1.807) is 0 Å². The molecule has 1 saturated carbocycles. The van der Waals surface area contributed by atoms with Crippen molar-refractivity contribution < 1.29 is 4.74 Å². The van der Waals surface area contributed by atoms with Crippen LogP contribution in [-0.4, -0.2) is 36.7 Å². The maximum atomic E-state index is 5.93. The van der Waals surface area contributed by atoms with Gasteiger partial charge in [-0.25, -0.2) is 0 Å². The number of benzene rings is 1. The van der Waals surface area contributed by atoms with Crippen LogP contribution in [-0.2, 0) is 11.2 Å². The van der Waals surface area contributed by atoms with Crippen molar-refractivity contribution in [1.29, 1.82) is 0 Å². The first kappa shape index (κ1) is 13.9. The number of rotatable bonds is 4. The third-order valence-corrected chi connectivity index (χ3v) is 4.71. The van der Waals surface area contributed by atoms with Gasteiger partial charge in [0.25, 0.3) is 0 Å². The van der Waals surface area contributed by atoms with Gasteiger partial charge in [0.1, 0.15) is 0 Å². The van der Waals surface area contributed by atoms with E-state index in [2.05, 4.69) is 23.1 Å². The molecule has 1 heterocycles. The third-order valence-electron chi connectivity index (χ3n) is 4.71. The summed E-state index contributed by atoms with van der Waals surface area (Å²) in [6.45, 7) is 3.22. The number of anilines is 1. The van der Waals surface area contributed by atoms with E-state index in [4.69, 9.17) is 10.5 Å². The van der Waals surface area contributed by atoms with Gasteiger partial charge in [0, 0.05) is 18.3 Å². The molecule has 0 aromatic heterocycles. The highest BCUT2D eigenvalue weighted by atomic mass is 16.5. The van der Waals surface area contributed by atoms with Gasteiger partial charge in [-0.15, -0.1) is 0 Å². The molecule has 1 aromatic carbocycles. The molecule has 0 bridgehead atoms. The summed E-state index contributed by atoms with van der Waals surface area (Å²) in [7, 11) is 0. The number of aryl methyl sites for hydroxylation is 1. The second-order valence-corrected chi connectivity index (χ2v) is 6.15. The SMILES string of the molecule is Nc1cccc(CCCN2CCOC3CCCCC32)c1. The molecule has 1 aromatic rings. The number of nitrogens with zero attached hydrogens (tertiary/aromatic N) is 1. The van der Waals surface area contributed by atoms with E-state index in [-0.39, 0.29) is 0 Å². The van der Waals surface area contributed by atoms with Gasteiger partial charge in [0.05, 0.1) is 12.7 Å². The Morgan fingerprint density at radius 3 is 3.05 bits per heavy atom. The lowest BCUT2D eigenvalue weighted by Crippen LogP contribution is -2.52. The fourth-order valence-corrected chi connectivity index (χ4v) is 3.69. The molecule has 3 nitrogen and oxygen atoms in total. The van der Waals surface area contributed by atoms with E-state index in [1.165, 1.54) is 44.2 Å². The third kappa shape index (κ3) is 3.33. The molecular formula is C17H26N2O. The highest BCUT2D eigenvalue weighted by Crippen LogP contribution is 2.28. The number of morpholine rings is 1. The molecule has 1 aliphatic carbocycles. The standard InChI is InChI=1S/C17H26N2O/c18-15-7-3-5-14(13-15)6-4-10-19-11-12-20-17-9-2-1-8-16(17)19/h3,5,7,13,16-17H,1-2,4,6,8-12,18H2. The lowest BCUT2D eigenvalue weighted by molar-refractivity contribution is -0.0881. The minimum absolute atomic E-state index is 0.505. The van der Waals surface area contributed by atoms with Crippen LogP contribution in [0.15, 0.2) is 24.3 Å². The molecule has 3 heteroatoms. The summed E-state index contributed by atoms with van der Waals surface area (Å²) in [4.78, 5) is 2.67. The van der Waals surface area contributed by atoms with Crippen LogP contribution in [0.5, 0.6) is 0 Å². The number of fused-ring (bicyclic) bond motifs is 1. The summed E-state index contributed by atoms with van der Waals surface area (Å²) in [5.74, 6) is 0. The van der Waals surface area contributed by atoms with Crippen LogP contribution in [0.1, 0.15) is 37.7 Å². The average Bonchev–Trinajstić information content (AvgIpc) is 2.48. The fraction of sp³-hybridized carbons (Fsp3) is 0.647. The number of nitrogen functional groups attached to an aromatic ring is 1. The summed E-state index contributed by atoms with van der Waals surface area (Å²) < 4.78 is 5.93. The van der Waals surface area contributed by atoms with E-state index in [9.17, 15) is 0 Å². The van der Waals surface area contributed by atoms with Crippen molar-refractivity contribution >= 4 is 5.69 Å². The molecule has 20 heavy (non-hydrogen) atoms. The zero-order valence-electron chi connectivity index (χ0n) is 12.3. The van der Waals surface area contributed by atoms with Crippen LogP contribution in [0.4, 0.5) is 5.69 Å². The Morgan fingerprint density at radius 1 is 1.25 bits per heavy atom. The molecule has 2 aliphatic rings. The Balaban J connectivity index is 1.50. The van der Waals surface area contributed by atoms with E-state index < -0.39 is 0 Å². The predicted octanol–water partition coefficient (Wildman–Crippen LogP) is 2.84. The molecule has 3 rings (SSSR count). The van der Waals surface area contributed by atoms with Crippen LogP contribution in [0.3, 0.4) is 0 Å². The lowest BCUT2D eigenvalue weighted by Gasteiger charge is -2.43. The fourth-order valence-electron chi connectivity index (χ4n) is 3.69. The van der Waals surface area contributed by atoms with Crippen molar-refractivity contribution in [2.45, 2.75) is 50.7 Å². The van der Waals surface area contributed by atoms with Gasteiger partial charge in [-0.3, -0.25) is 4.90 Å². The van der Waals surface area contributed by atoms with Crippen molar-refractivity contribution in [3.63, 3.8) is 0 Å². The van der Waals surface area contributed by atoms with Crippen molar-refractivity contribution in [3.05, 3.63) is 29.8 Å². The second-order valence-electron chi connectivity index (χ2n) is 6.15. The Morgan fingerprint density at radius 2 is 2.15 bits per heavy atom. The maximum absolute atomic E-state index is 5.93. The van der Waals surface area contributed by atoms with Gasteiger partial charge in [-0.2, -0.15) is 0 Å². The van der Waals surface area contributed by atoms with Gasteiger partial charge < -0.3 is 10.5 Å². The highest BCUT2D eigenvalue weighted by molar-refractivity contribution is 5.40. The lowest BCUT2D eigenvalue weighted by atomic mass is 9.90. The summed E-state index contributed by atoms with van der Waals surface area (Å²) in [5.41, 5.74) is 8.07. The molecule has 2 N–H and O–H groups in total. The molecule has 0 spiro atoms. The van der Waals surface area contributed by atoms with Crippen LogP contribution in [0, 0.1) is 0 Å². The van der Waals surface area contributed by atoms with E-state index in [0.717, 1.165) is 25.3 Å². The van der Waals surface area contributed by atoms with Crippen molar-refractivity contribution in [3.8, 4) is 0 Å². The molecule has 2 fully saturated rings. The molecule has 0 amide bonds. The van der Waals surface area contributed by atoms with Crippen LogP contribution >= 0.6 is 0 Å². The van der Waals surface area contributed by atoms with Crippen LogP contribution < -0.4 is 5.73 Å². The van der Waals surface area contributed by atoms with Gasteiger partial charge in [0.2, 0.25) is 0 Å².